The van der Waals surface area contributed by atoms with Gasteiger partial charge in [0.15, 0.2) is 0 Å². The molecule has 4 bridgehead atoms. The number of nitrogens with zero attached hydrogens (tertiary/aromatic N) is 1. The van der Waals surface area contributed by atoms with Gasteiger partial charge in [0, 0.05) is 22.5 Å². The summed E-state index contributed by atoms with van der Waals surface area (Å²) in [5.41, 5.74) is 18.4. The summed E-state index contributed by atoms with van der Waals surface area (Å²) in [6, 6.07) is 68.4. The van der Waals surface area contributed by atoms with Crippen LogP contribution in [-0.4, -0.2) is 0 Å². The van der Waals surface area contributed by atoms with Crippen molar-refractivity contribution < 1.29 is 0 Å². The molecule has 8 aromatic rings. The summed E-state index contributed by atoms with van der Waals surface area (Å²) in [4.78, 5) is 2.43. The lowest BCUT2D eigenvalue weighted by Crippen LogP contribution is -2.48. The summed E-state index contributed by atoms with van der Waals surface area (Å²) in [6.45, 7) is 4.83. The molecule has 13 rings (SSSR count). The van der Waals surface area contributed by atoms with E-state index in [2.05, 4.69) is 201 Å². The Labute approximate surface area is 355 Å². The van der Waals surface area contributed by atoms with Crippen LogP contribution in [0.25, 0.3) is 55.3 Å². The molecule has 1 heteroatoms. The average Bonchev–Trinajstić information content (AvgIpc) is 3.51. The average molecular weight is 774 g/mol. The van der Waals surface area contributed by atoms with Gasteiger partial charge in [-0.1, -0.05) is 147 Å². The van der Waals surface area contributed by atoms with Crippen LogP contribution in [0.4, 0.5) is 17.1 Å². The lowest BCUT2D eigenvalue weighted by Gasteiger charge is -2.57. The van der Waals surface area contributed by atoms with E-state index in [9.17, 15) is 0 Å². The Morgan fingerprint density at radius 2 is 0.833 bits per heavy atom. The highest BCUT2D eigenvalue weighted by molar-refractivity contribution is 5.89. The first-order chi connectivity index (χ1) is 29.4. The van der Waals surface area contributed by atoms with Crippen LogP contribution < -0.4 is 4.90 Å². The molecular formula is C59H51N. The Kier molecular flexibility index (Phi) is 8.15. The molecule has 0 saturated heterocycles. The van der Waals surface area contributed by atoms with Crippen molar-refractivity contribution >= 4 is 27.8 Å². The number of hydrogen-bond acceptors (Lipinski definition) is 1. The number of fused-ring (bicyclic) bond motifs is 4. The van der Waals surface area contributed by atoms with Gasteiger partial charge in [-0.3, -0.25) is 0 Å². The molecule has 0 radical (unpaired) electrons. The van der Waals surface area contributed by atoms with Gasteiger partial charge in [0.05, 0.1) is 0 Å². The van der Waals surface area contributed by atoms with Crippen molar-refractivity contribution in [2.24, 2.45) is 17.8 Å². The molecule has 8 aromatic carbocycles. The Hall–Kier alpha value is -6.18. The van der Waals surface area contributed by atoms with Gasteiger partial charge in [-0.25, -0.2) is 0 Å². The maximum atomic E-state index is 2.50. The third-order valence-corrected chi connectivity index (χ3v) is 15.2. The zero-order valence-corrected chi connectivity index (χ0v) is 34.7. The zero-order chi connectivity index (χ0) is 40.0. The van der Waals surface area contributed by atoms with Crippen molar-refractivity contribution in [3.8, 4) is 44.5 Å². The normalized spacial score (nSPS) is 21.8. The van der Waals surface area contributed by atoms with E-state index in [0.717, 1.165) is 29.1 Å². The molecule has 0 amide bonds. The van der Waals surface area contributed by atoms with Crippen LogP contribution in [0.5, 0.6) is 0 Å². The Morgan fingerprint density at radius 1 is 0.383 bits per heavy atom. The molecule has 0 atom stereocenters. The van der Waals surface area contributed by atoms with Gasteiger partial charge < -0.3 is 4.90 Å². The molecule has 292 valence electrons. The minimum absolute atomic E-state index is 0.154. The van der Waals surface area contributed by atoms with Crippen molar-refractivity contribution in [1.29, 1.82) is 0 Å². The lowest BCUT2D eigenvalue weighted by molar-refractivity contribution is -0.00518. The lowest BCUT2D eigenvalue weighted by atomic mass is 9.48. The van der Waals surface area contributed by atoms with Gasteiger partial charge in [0.2, 0.25) is 0 Å². The third kappa shape index (κ3) is 5.88. The van der Waals surface area contributed by atoms with Crippen LogP contribution in [-0.2, 0) is 10.8 Å². The number of benzene rings is 8. The molecule has 60 heavy (non-hydrogen) atoms. The van der Waals surface area contributed by atoms with Gasteiger partial charge in [-0.2, -0.15) is 0 Å². The van der Waals surface area contributed by atoms with E-state index in [1.165, 1.54) is 111 Å². The first-order valence-electron chi connectivity index (χ1n) is 22.3. The van der Waals surface area contributed by atoms with E-state index < -0.39 is 0 Å². The first-order valence-corrected chi connectivity index (χ1v) is 22.3. The Bertz CT molecular complexity index is 2860. The fraction of sp³-hybridized carbons (Fsp3) is 0.220. The van der Waals surface area contributed by atoms with Crippen LogP contribution in [0.1, 0.15) is 69.1 Å². The van der Waals surface area contributed by atoms with Gasteiger partial charge in [0.1, 0.15) is 0 Å². The van der Waals surface area contributed by atoms with Crippen molar-refractivity contribution in [1.82, 2.24) is 0 Å². The number of anilines is 3. The fourth-order valence-electron chi connectivity index (χ4n) is 12.6. The summed E-state index contributed by atoms with van der Waals surface area (Å²) >= 11 is 0. The van der Waals surface area contributed by atoms with E-state index in [-0.39, 0.29) is 5.41 Å². The van der Waals surface area contributed by atoms with Crippen LogP contribution in [0.2, 0.25) is 0 Å². The van der Waals surface area contributed by atoms with E-state index in [4.69, 9.17) is 0 Å². The predicted octanol–water partition coefficient (Wildman–Crippen LogP) is 16.1. The highest BCUT2D eigenvalue weighted by Crippen LogP contribution is 2.61. The van der Waals surface area contributed by atoms with Crippen LogP contribution in [0.15, 0.2) is 182 Å². The van der Waals surface area contributed by atoms with E-state index in [1.807, 2.05) is 0 Å². The van der Waals surface area contributed by atoms with Gasteiger partial charge >= 0.3 is 0 Å². The van der Waals surface area contributed by atoms with Crippen molar-refractivity contribution in [2.45, 2.75) is 63.2 Å². The molecule has 0 aliphatic heterocycles. The summed E-state index contributed by atoms with van der Waals surface area (Å²) in [5, 5.41) is 2.53. The van der Waals surface area contributed by atoms with Crippen LogP contribution in [0.3, 0.4) is 0 Å². The quantitative estimate of drug-likeness (QED) is 0.156. The van der Waals surface area contributed by atoms with Crippen LogP contribution >= 0.6 is 0 Å². The van der Waals surface area contributed by atoms with Gasteiger partial charge in [-0.15, -0.1) is 0 Å². The Balaban J connectivity index is 0.884. The van der Waals surface area contributed by atoms with E-state index >= 15 is 0 Å². The molecule has 0 aromatic heterocycles. The number of hydrogen-bond donors (Lipinski definition) is 0. The van der Waals surface area contributed by atoms with E-state index in [1.54, 1.807) is 5.56 Å². The maximum absolute atomic E-state index is 2.50. The molecule has 1 nitrogen and oxygen atoms in total. The fourth-order valence-corrected chi connectivity index (χ4v) is 12.6. The molecule has 4 saturated carbocycles. The van der Waals surface area contributed by atoms with Gasteiger partial charge in [0.25, 0.3) is 0 Å². The number of rotatable bonds is 7. The second-order valence-corrected chi connectivity index (χ2v) is 19.2. The molecule has 5 aliphatic rings. The smallest absolute Gasteiger partial charge is 0.0465 e. The first kappa shape index (κ1) is 35.7. The molecule has 0 N–H and O–H groups in total. The molecule has 0 spiro atoms. The molecule has 0 heterocycles. The maximum Gasteiger partial charge on any atom is 0.0465 e. The second-order valence-electron chi connectivity index (χ2n) is 19.2. The predicted molar refractivity (Wildman–Crippen MR) is 252 cm³/mol. The van der Waals surface area contributed by atoms with Crippen LogP contribution in [0, 0.1) is 17.8 Å². The minimum atomic E-state index is -0.154. The molecule has 4 fully saturated rings. The summed E-state index contributed by atoms with van der Waals surface area (Å²) in [5.74, 6) is 2.89. The standard InChI is InChI=1S/C59H51N/c1-58(2)56-34-49(45-14-21-50(22-15-45)59-36-39-30-40(37-59)32-41(31-39)38-59)20-28-54(56)55-29-27-53(35-57(55)58)60(51-23-16-44(17-24-51)42-8-4-3-5-9-42)52-25-18-46(19-26-52)48-13-12-43-10-6-7-11-47(43)33-48/h3-29,33-35,39-41H,30-32,36-38H2,1-2H3. The summed E-state index contributed by atoms with van der Waals surface area (Å²) < 4.78 is 0. The monoisotopic (exact) mass is 773 g/mol. The Morgan fingerprint density at radius 3 is 1.47 bits per heavy atom. The van der Waals surface area contributed by atoms with Crippen molar-refractivity contribution in [2.75, 3.05) is 4.90 Å². The SMILES string of the molecule is CC1(C)c2cc(-c3ccc(C45CC6CC(CC(C6)C4)C5)cc3)ccc2-c2ccc(N(c3ccc(-c4ccccc4)cc3)c3ccc(-c4ccc5ccccc5c4)cc3)cc21. The topological polar surface area (TPSA) is 3.24 Å². The second kappa shape index (κ2) is 13.7. The summed E-state index contributed by atoms with van der Waals surface area (Å²) in [7, 11) is 0. The van der Waals surface area contributed by atoms with Gasteiger partial charge in [-0.05, 0) is 182 Å². The zero-order valence-electron chi connectivity index (χ0n) is 34.7. The van der Waals surface area contributed by atoms with Crippen molar-refractivity contribution in [3.05, 3.63) is 199 Å². The largest absolute Gasteiger partial charge is 0.310 e. The summed E-state index contributed by atoms with van der Waals surface area (Å²) in [6.07, 6.45) is 8.72. The van der Waals surface area contributed by atoms with E-state index in [0.29, 0.717) is 5.41 Å². The highest BCUT2D eigenvalue weighted by atomic mass is 15.1. The third-order valence-electron chi connectivity index (χ3n) is 15.2. The van der Waals surface area contributed by atoms with Crippen molar-refractivity contribution in [3.63, 3.8) is 0 Å². The highest BCUT2D eigenvalue weighted by Gasteiger charge is 2.51. The molecule has 0 unspecified atom stereocenters. The minimum Gasteiger partial charge on any atom is -0.310 e. The molecule has 5 aliphatic carbocycles. The molecular weight excluding hydrogens is 723 g/mol.